The Morgan fingerprint density at radius 3 is 1.58 bits per heavy atom. The number of hydrogen-bond donors (Lipinski definition) is 0. The maximum Gasteiger partial charge on any atom is 0.186 e. The van der Waals surface area contributed by atoms with Crippen molar-refractivity contribution in [1.82, 2.24) is 0 Å². The van der Waals surface area contributed by atoms with Gasteiger partial charge in [0.1, 0.15) is 19.3 Å². The molecule has 0 aliphatic rings. The minimum atomic E-state index is -1.91. The molecule has 0 saturated heterocycles. The molecular weight excluding hydrogens is 274 g/mol. The summed E-state index contributed by atoms with van der Waals surface area (Å²) in [6, 6.07) is 0. The fourth-order valence-electron chi connectivity index (χ4n) is 1.37. The lowest BCUT2D eigenvalue weighted by atomic mass is 10.1. The molecule has 1 aromatic carbocycles. The molecule has 0 heterocycles. The first-order chi connectivity index (χ1) is 8.56. The van der Waals surface area contributed by atoms with Crippen molar-refractivity contribution >= 4 is 13.8 Å². The highest BCUT2D eigenvalue weighted by atomic mass is 28.3. The van der Waals surface area contributed by atoms with Gasteiger partial charge in [-0.25, -0.2) is 17.6 Å². The third kappa shape index (κ3) is 3.29. The predicted molar refractivity (Wildman–Crippen MR) is 70.8 cm³/mol. The van der Waals surface area contributed by atoms with Crippen molar-refractivity contribution in [1.29, 1.82) is 0 Å². The SMILES string of the molecule is CN(C)c1c(F)c(F)c(C#C[Si](C)(C)C)c(F)c1F. The molecule has 19 heavy (non-hydrogen) atoms. The molecule has 0 bridgehead atoms. The lowest BCUT2D eigenvalue weighted by Gasteiger charge is -2.16. The first kappa shape index (κ1) is 15.6. The van der Waals surface area contributed by atoms with Crippen LogP contribution in [0.15, 0.2) is 0 Å². The van der Waals surface area contributed by atoms with Crippen molar-refractivity contribution in [2.75, 3.05) is 19.0 Å². The number of benzene rings is 1. The van der Waals surface area contributed by atoms with Gasteiger partial charge in [0.2, 0.25) is 0 Å². The van der Waals surface area contributed by atoms with Crippen LogP contribution in [0.3, 0.4) is 0 Å². The van der Waals surface area contributed by atoms with Crippen molar-refractivity contribution in [3.8, 4) is 11.5 Å². The molecule has 0 spiro atoms. The van der Waals surface area contributed by atoms with Crippen LogP contribution in [0.25, 0.3) is 0 Å². The van der Waals surface area contributed by atoms with Crippen LogP contribution in [0, 0.1) is 34.7 Å². The fourth-order valence-corrected chi connectivity index (χ4v) is 1.87. The normalized spacial score (nSPS) is 11.0. The van der Waals surface area contributed by atoms with Crippen LogP contribution in [0.2, 0.25) is 19.6 Å². The van der Waals surface area contributed by atoms with E-state index >= 15 is 0 Å². The van der Waals surface area contributed by atoms with E-state index < -0.39 is 42.6 Å². The lowest BCUT2D eigenvalue weighted by molar-refractivity contribution is 0.451. The Bertz CT molecular complexity index is 536. The lowest BCUT2D eigenvalue weighted by Crippen LogP contribution is -2.18. The van der Waals surface area contributed by atoms with E-state index in [1.807, 2.05) is 19.6 Å². The molecule has 0 N–H and O–H groups in total. The van der Waals surface area contributed by atoms with Gasteiger partial charge in [0.25, 0.3) is 0 Å². The Labute approximate surface area is 111 Å². The van der Waals surface area contributed by atoms with Crippen LogP contribution >= 0.6 is 0 Å². The summed E-state index contributed by atoms with van der Waals surface area (Å²) in [7, 11) is 0.693. The van der Waals surface area contributed by atoms with Crippen molar-refractivity contribution in [3.63, 3.8) is 0 Å². The molecule has 0 radical (unpaired) electrons. The molecule has 104 valence electrons. The van der Waals surface area contributed by atoms with Crippen molar-refractivity contribution < 1.29 is 17.6 Å². The summed E-state index contributed by atoms with van der Waals surface area (Å²) >= 11 is 0. The fraction of sp³-hybridized carbons (Fsp3) is 0.385. The topological polar surface area (TPSA) is 3.24 Å². The molecule has 6 heteroatoms. The Morgan fingerprint density at radius 2 is 1.26 bits per heavy atom. The molecule has 1 aromatic rings. The Morgan fingerprint density at radius 1 is 0.842 bits per heavy atom. The van der Waals surface area contributed by atoms with E-state index in [-0.39, 0.29) is 0 Å². The molecule has 0 amide bonds. The van der Waals surface area contributed by atoms with E-state index in [1.54, 1.807) is 0 Å². The quantitative estimate of drug-likeness (QED) is 0.331. The highest BCUT2D eigenvalue weighted by molar-refractivity contribution is 6.83. The van der Waals surface area contributed by atoms with E-state index in [1.165, 1.54) is 14.1 Å². The second-order valence-electron chi connectivity index (χ2n) is 5.37. The summed E-state index contributed by atoms with van der Waals surface area (Å²) < 4.78 is 54.9. The first-order valence-electron chi connectivity index (χ1n) is 5.62. The molecular formula is C13H15F4NSi. The van der Waals surface area contributed by atoms with Crippen LogP contribution in [0.4, 0.5) is 23.2 Å². The summed E-state index contributed by atoms with van der Waals surface area (Å²) in [6.07, 6.45) is 0. The highest BCUT2D eigenvalue weighted by Gasteiger charge is 2.25. The van der Waals surface area contributed by atoms with Crippen LogP contribution in [-0.4, -0.2) is 22.2 Å². The van der Waals surface area contributed by atoms with Gasteiger partial charge in [-0.05, 0) is 0 Å². The number of anilines is 1. The van der Waals surface area contributed by atoms with Gasteiger partial charge >= 0.3 is 0 Å². The average molecular weight is 289 g/mol. The van der Waals surface area contributed by atoms with E-state index in [2.05, 4.69) is 11.5 Å². The van der Waals surface area contributed by atoms with Crippen LogP contribution in [-0.2, 0) is 0 Å². The minimum Gasteiger partial charge on any atom is -0.373 e. The molecule has 0 fully saturated rings. The van der Waals surface area contributed by atoms with E-state index in [4.69, 9.17) is 0 Å². The Kier molecular flexibility index (Phi) is 4.31. The van der Waals surface area contributed by atoms with Gasteiger partial charge in [-0.3, -0.25) is 0 Å². The third-order valence-corrected chi connectivity index (χ3v) is 3.12. The number of halogens is 4. The van der Waals surface area contributed by atoms with E-state index in [0.717, 1.165) is 4.90 Å². The third-order valence-electron chi connectivity index (χ3n) is 2.25. The van der Waals surface area contributed by atoms with Crippen LogP contribution in [0.1, 0.15) is 5.56 Å². The summed E-state index contributed by atoms with van der Waals surface area (Å²) in [5.41, 5.74) is 1.10. The molecule has 0 atom stereocenters. The second-order valence-corrected chi connectivity index (χ2v) is 10.1. The number of hydrogen-bond acceptors (Lipinski definition) is 1. The largest absolute Gasteiger partial charge is 0.373 e. The Balaban J connectivity index is 3.57. The molecule has 0 saturated carbocycles. The van der Waals surface area contributed by atoms with Gasteiger partial charge in [0.05, 0.1) is 0 Å². The zero-order chi connectivity index (χ0) is 15.0. The number of rotatable bonds is 1. The maximum absolute atomic E-state index is 13.7. The molecule has 0 aliphatic carbocycles. The summed E-state index contributed by atoms with van der Waals surface area (Å²) in [5.74, 6) is -3.52. The molecule has 1 rings (SSSR count). The molecule has 0 aromatic heterocycles. The van der Waals surface area contributed by atoms with Crippen molar-refractivity contribution in [2.45, 2.75) is 19.6 Å². The maximum atomic E-state index is 13.7. The van der Waals surface area contributed by atoms with Gasteiger partial charge in [0.15, 0.2) is 23.3 Å². The zero-order valence-electron chi connectivity index (χ0n) is 11.5. The van der Waals surface area contributed by atoms with E-state index in [9.17, 15) is 17.6 Å². The zero-order valence-corrected chi connectivity index (χ0v) is 12.5. The number of nitrogens with zero attached hydrogens (tertiary/aromatic N) is 1. The smallest absolute Gasteiger partial charge is 0.186 e. The van der Waals surface area contributed by atoms with Gasteiger partial charge in [0, 0.05) is 14.1 Å². The summed E-state index contributed by atoms with van der Waals surface area (Å²) in [6.45, 7) is 5.57. The Hall–Kier alpha value is -1.48. The predicted octanol–water partition coefficient (Wildman–Crippen LogP) is 3.54. The van der Waals surface area contributed by atoms with Gasteiger partial charge in [-0.15, -0.1) is 5.54 Å². The average Bonchev–Trinajstić information content (AvgIpc) is 2.24. The monoisotopic (exact) mass is 289 g/mol. The minimum absolute atomic E-state index is 0.742. The van der Waals surface area contributed by atoms with Gasteiger partial charge in [-0.2, -0.15) is 0 Å². The van der Waals surface area contributed by atoms with Gasteiger partial charge < -0.3 is 4.90 Å². The van der Waals surface area contributed by atoms with E-state index in [0.29, 0.717) is 0 Å². The van der Waals surface area contributed by atoms with Crippen LogP contribution < -0.4 is 4.90 Å². The molecule has 0 aliphatic heterocycles. The van der Waals surface area contributed by atoms with Crippen LogP contribution in [0.5, 0.6) is 0 Å². The summed E-state index contributed by atoms with van der Waals surface area (Å²) in [5, 5.41) is 0. The van der Waals surface area contributed by atoms with Crippen molar-refractivity contribution in [2.24, 2.45) is 0 Å². The summed E-state index contributed by atoms with van der Waals surface area (Å²) in [4.78, 5) is 0.979. The molecule has 0 unspecified atom stereocenters. The first-order valence-corrected chi connectivity index (χ1v) is 9.12. The molecule has 1 nitrogen and oxygen atoms in total. The standard InChI is InChI=1S/C13H15F4NSi/c1-18(2)13-11(16)9(14)8(10(15)12(13)17)6-7-19(3,4)5/h1-5H3. The van der Waals surface area contributed by atoms with Crippen molar-refractivity contribution in [3.05, 3.63) is 28.8 Å². The second kappa shape index (κ2) is 5.25. The highest BCUT2D eigenvalue weighted by Crippen LogP contribution is 2.29. The van der Waals surface area contributed by atoms with Gasteiger partial charge in [-0.1, -0.05) is 25.6 Å².